The van der Waals surface area contributed by atoms with Crippen molar-refractivity contribution in [3.63, 3.8) is 0 Å². The lowest BCUT2D eigenvalue weighted by atomic mass is 10.1. The summed E-state index contributed by atoms with van der Waals surface area (Å²) in [4.78, 5) is 2.00. The summed E-state index contributed by atoms with van der Waals surface area (Å²) < 4.78 is 14.2. The minimum Gasteiger partial charge on any atom is -0.328 e. The molecule has 0 aromatic heterocycles. The summed E-state index contributed by atoms with van der Waals surface area (Å²) in [6.07, 6.45) is 0.810. The van der Waals surface area contributed by atoms with Crippen molar-refractivity contribution in [2.75, 3.05) is 0 Å². The molecule has 0 aliphatic carbocycles. The van der Waals surface area contributed by atoms with E-state index in [4.69, 9.17) is 5.73 Å². The van der Waals surface area contributed by atoms with E-state index in [1.165, 1.54) is 11.6 Å². The van der Waals surface area contributed by atoms with Gasteiger partial charge in [0.05, 0.1) is 0 Å². The zero-order valence-corrected chi connectivity index (χ0v) is 13.0. The number of hydrogen-bond donors (Lipinski definition) is 1. The first-order valence-corrected chi connectivity index (χ1v) is 7.63. The molecule has 0 aliphatic heterocycles. The number of hydrogen-bond acceptors (Lipinski definition) is 2. The zero-order valence-electron chi connectivity index (χ0n) is 10.6. The molecule has 0 amide bonds. The minimum absolute atomic E-state index is 0.105. The lowest BCUT2D eigenvalue weighted by Crippen LogP contribution is -2.18. The van der Waals surface area contributed by atoms with Gasteiger partial charge in [0, 0.05) is 20.3 Å². The van der Waals surface area contributed by atoms with Gasteiger partial charge in [-0.3, -0.25) is 0 Å². The molecular weight excluding hydrogens is 325 g/mol. The van der Waals surface area contributed by atoms with Gasteiger partial charge in [-0.05, 0) is 49.2 Å². The maximum Gasteiger partial charge on any atom is 0.124 e. The van der Waals surface area contributed by atoms with E-state index in [9.17, 15) is 4.39 Å². The van der Waals surface area contributed by atoms with Gasteiger partial charge in [0.2, 0.25) is 0 Å². The average molecular weight is 340 g/mol. The lowest BCUT2D eigenvalue weighted by molar-refractivity contribution is 0.624. The van der Waals surface area contributed by atoms with E-state index < -0.39 is 0 Å². The van der Waals surface area contributed by atoms with Crippen LogP contribution in [0, 0.1) is 5.82 Å². The molecule has 1 atom stereocenters. The molecule has 0 aliphatic rings. The van der Waals surface area contributed by atoms with E-state index in [2.05, 4.69) is 22.0 Å². The second-order valence-corrected chi connectivity index (χ2v) is 6.52. The van der Waals surface area contributed by atoms with Gasteiger partial charge in [-0.15, -0.1) is 0 Å². The highest BCUT2D eigenvalue weighted by Gasteiger charge is 2.08. The summed E-state index contributed by atoms with van der Waals surface area (Å²) in [5, 5.41) is 0. The van der Waals surface area contributed by atoms with Crippen LogP contribution in [0.3, 0.4) is 0 Å². The molecule has 0 spiro atoms. The van der Waals surface area contributed by atoms with Gasteiger partial charge < -0.3 is 5.73 Å². The molecule has 0 saturated heterocycles. The molecule has 0 heterocycles. The van der Waals surface area contributed by atoms with Crippen molar-refractivity contribution in [2.45, 2.75) is 29.2 Å². The zero-order chi connectivity index (χ0) is 13.8. The van der Waals surface area contributed by atoms with Crippen molar-refractivity contribution in [3.05, 3.63) is 58.3 Å². The Kier molecular flexibility index (Phi) is 5.02. The fourth-order valence-electron chi connectivity index (χ4n) is 1.80. The third kappa shape index (κ3) is 4.34. The van der Waals surface area contributed by atoms with Crippen LogP contribution in [-0.2, 0) is 6.42 Å². The predicted molar refractivity (Wildman–Crippen MR) is 82.0 cm³/mol. The van der Waals surface area contributed by atoms with E-state index in [0.717, 1.165) is 20.7 Å². The number of benzene rings is 2. The monoisotopic (exact) mass is 339 g/mol. The molecule has 1 unspecified atom stereocenters. The van der Waals surface area contributed by atoms with Crippen LogP contribution < -0.4 is 5.73 Å². The van der Waals surface area contributed by atoms with Crippen LogP contribution in [0.15, 0.2) is 56.7 Å². The van der Waals surface area contributed by atoms with Gasteiger partial charge in [-0.25, -0.2) is 4.39 Å². The Labute approximate surface area is 125 Å². The Morgan fingerprint density at radius 3 is 2.74 bits per heavy atom. The Morgan fingerprint density at radius 1 is 1.26 bits per heavy atom. The van der Waals surface area contributed by atoms with Crippen LogP contribution in [-0.4, -0.2) is 6.04 Å². The third-order valence-corrected chi connectivity index (χ3v) is 4.18. The Morgan fingerprint density at radius 2 is 2.05 bits per heavy atom. The predicted octanol–water partition coefficient (Wildman–Crippen LogP) is 4.63. The van der Waals surface area contributed by atoms with Gasteiger partial charge in [-0.1, -0.05) is 39.8 Å². The number of nitrogens with two attached hydrogens (primary N) is 1. The first-order chi connectivity index (χ1) is 9.04. The summed E-state index contributed by atoms with van der Waals surface area (Å²) in [5.74, 6) is -0.214. The Balaban J connectivity index is 2.30. The second-order valence-electron chi connectivity index (χ2n) is 4.49. The van der Waals surface area contributed by atoms with Crippen molar-refractivity contribution in [1.29, 1.82) is 0 Å². The Hall–Kier alpha value is -0.840. The van der Waals surface area contributed by atoms with Gasteiger partial charge >= 0.3 is 0 Å². The molecular formula is C15H15BrFNS. The van der Waals surface area contributed by atoms with Crippen LogP contribution in [0.4, 0.5) is 4.39 Å². The molecule has 19 heavy (non-hydrogen) atoms. The van der Waals surface area contributed by atoms with Crippen molar-refractivity contribution in [1.82, 2.24) is 0 Å². The quantitative estimate of drug-likeness (QED) is 0.878. The fourth-order valence-corrected chi connectivity index (χ4v) is 3.35. The Bertz CT molecular complexity index is 572. The smallest absolute Gasteiger partial charge is 0.124 e. The van der Waals surface area contributed by atoms with E-state index >= 15 is 0 Å². The van der Waals surface area contributed by atoms with E-state index in [0.29, 0.717) is 0 Å². The molecule has 0 radical (unpaired) electrons. The van der Waals surface area contributed by atoms with Crippen LogP contribution in [0.25, 0.3) is 0 Å². The summed E-state index contributed by atoms with van der Waals surface area (Å²) in [6.45, 7) is 1.98. The standard InChI is InChI=1S/C15H15BrFNS/c1-10(18)7-11-5-6-12(16)8-15(11)19-14-4-2-3-13(17)9-14/h2-6,8-10H,7,18H2,1H3. The van der Waals surface area contributed by atoms with Crippen LogP contribution in [0.2, 0.25) is 0 Å². The second kappa shape index (κ2) is 6.55. The lowest BCUT2D eigenvalue weighted by Gasteiger charge is -2.12. The minimum atomic E-state index is -0.214. The van der Waals surface area contributed by atoms with E-state index in [-0.39, 0.29) is 11.9 Å². The molecule has 2 N–H and O–H groups in total. The first kappa shape index (κ1) is 14.6. The average Bonchev–Trinajstić information content (AvgIpc) is 2.32. The van der Waals surface area contributed by atoms with Crippen LogP contribution >= 0.6 is 27.7 Å². The molecule has 2 aromatic rings. The molecule has 100 valence electrons. The molecule has 4 heteroatoms. The number of halogens is 2. The number of rotatable bonds is 4. The highest BCUT2D eigenvalue weighted by molar-refractivity contribution is 9.10. The van der Waals surface area contributed by atoms with E-state index in [1.54, 1.807) is 23.9 Å². The van der Waals surface area contributed by atoms with Crippen molar-refractivity contribution in [2.24, 2.45) is 5.73 Å². The summed E-state index contributed by atoms with van der Waals surface area (Å²) in [7, 11) is 0. The van der Waals surface area contributed by atoms with Gasteiger partial charge in [0.1, 0.15) is 5.82 Å². The van der Waals surface area contributed by atoms with Crippen LogP contribution in [0.1, 0.15) is 12.5 Å². The highest BCUT2D eigenvalue weighted by Crippen LogP contribution is 2.33. The maximum absolute atomic E-state index is 13.2. The van der Waals surface area contributed by atoms with Crippen molar-refractivity contribution in [3.8, 4) is 0 Å². The summed E-state index contributed by atoms with van der Waals surface area (Å²) in [5.41, 5.74) is 7.06. The SMILES string of the molecule is CC(N)Cc1ccc(Br)cc1Sc1cccc(F)c1. The third-order valence-electron chi connectivity index (χ3n) is 2.59. The highest BCUT2D eigenvalue weighted by atomic mass is 79.9. The maximum atomic E-state index is 13.2. The molecule has 0 saturated carbocycles. The molecule has 0 fully saturated rings. The fraction of sp³-hybridized carbons (Fsp3) is 0.200. The largest absolute Gasteiger partial charge is 0.328 e. The van der Waals surface area contributed by atoms with E-state index in [1.807, 2.05) is 25.1 Å². The van der Waals surface area contributed by atoms with Crippen molar-refractivity contribution >= 4 is 27.7 Å². The van der Waals surface area contributed by atoms with Crippen molar-refractivity contribution < 1.29 is 4.39 Å². The normalized spacial score (nSPS) is 12.4. The summed E-state index contributed by atoms with van der Waals surface area (Å²) in [6, 6.07) is 12.9. The first-order valence-electron chi connectivity index (χ1n) is 6.02. The summed E-state index contributed by atoms with van der Waals surface area (Å²) >= 11 is 5.03. The molecule has 2 rings (SSSR count). The van der Waals surface area contributed by atoms with Gasteiger partial charge in [0.15, 0.2) is 0 Å². The molecule has 2 aromatic carbocycles. The van der Waals surface area contributed by atoms with Crippen LogP contribution in [0.5, 0.6) is 0 Å². The van der Waals surface area contributed by atoms with Gasteiger partial charge in [0.25, 0.3) is 0 Å². The topological polar surface area (TPSA) is 26.0 Å². The molecule has 0 bridgehead atoms. The van der Waals surface area contributed by atoms with Gasteiger partial charge in [-0.2, -0.15) is 0 Å². The molecule has 1 nitrogen and oxygen atoms in total.